The van der Waals surface area contributed by atoms with Crippen molar-refractivity contribution in [2.24, 2.45) is 7.05 Å². The van der Waals surface area contributed by atoms with E-state index in [4.69, 9.17) is 0 Å². The summed E-state index contributed by atoms with van der Waals surface area (Å²) in [5, 5.41) is 0. The Bertz CT molecular complexity index is 1350. The molecule has 0 spiro atoms. The summed E-state index contributed by atoms with van der Waals surface area (Å²) >= 11 is 0. The Morgan fingerprint density at radius 2 is 1.41 bits per heavy atom. The highest BCUT2D eigenvalue weighted by Gasteiger charge is 2.34. The van der Waals surface area contributed by atoms with Crippen LogP contribution in [-0.2, 0) is 17.9 Å². The number of fused-ring (bicyclic) bond motifs is 1. The average molecular weight is 454 g/mol. The molecule has 4 aromatic rings. The van der Waals surface area contributed by atoms with Crippen molar-refractivity contribution in [3.8, 4) is 17.1 Å². The standard InChI is InChI=1S/C32H41N2/c1-21(2)25-19-23(31(4,5)6)20-26(32(7,8)9)29(25)34-28-18-14-13-17-27(28)33(10)30(34)24-16-12-11-15-22(24)3/h11-21H,1-10H3/q+1. The molecule has 2 heteroatoms. The Kier molecular flexibility index (Phi) is 6.00. The zero-order chi connectivity index (χ0) is 25.0. The summed E-state index contributed by atoms with van der Waals surface area (Å²) in [6.45, 7) is 20.9. The molecule has 0 amide bonds. The zero-order valence-electron chi connectivity index (χ0n) is 22.7. The number of hydrogen-bond acceptors (Lipinski definition) is 0. The first-order valence-electron chi connectivity index (χ1n) is 12.6. The monoisotopic (exact) mass is 453 g/mol. The highest BCUT2D eigenvalue weighted by molar-refractivity contribution is 5.81. The predicted octanol–water partition coefficient (Wildman–Crippen LogP) is 8.15. The van der Waals surface area contributed by atoms with Gasteiger partial charge in [-0.2, -0.15) is 4.57 Å². The van der Waals surface area contributed by atoms with Crippen molar-refractivity contribution in [3.05, 3.63) is 82.9 Å². The zero-order valence-corrected chi connectivity index (χ0v) is 22.7. The SMILES string of the molecule is Cc1ccccc1-c1n(-c2c(C(C)C)cc(C(C)(C)C)cc2C(C)(C)C)c2ccccc2[n+]1C. The van der Waals surface area contributed by atoms with Crippen LogP contribution in [0.25, 0.3) is 28.1 Å². The average Bonchev–Trinajstić information content (AvgIpc) is 3.04. The third kappa shape index (κ3) is 4.08. The Labute approximate surface area is 206 Å². The van der Waals surface area contributed by atoms with Crippen LogP contribution in [0.2, 0.25) is 0 Å². The first-order valence-corrected chi connectivity index (χ1v) is 12.6. The Morgan fingerprint density at radius 1 is 0.794 bits per heavy atom. The molecule has 0 unspecified atom stereocenters. The minimum atomic E-state index is -0.00676. The van der Waals surface area contributed by atoms with Gasteiger partial charge >= 0.3 is 0 Å². The molecule has 2 nitrogen and oxygen atoms in total. The molecule has 0 radical (unpaired) electrons. The predicted molar refractivity (Wildman–Crippen MR) is 146 cm³/mol. The minimum Gasteiger partial charge on any atom is -0.225 e. The van der Waals surface area contributed by atoms with Crippen LogP contribution >= 0.6 is 0 Å². The van der Waals surface area contributed by atoms with Crippen LogP contribution in [-0.4, -0.2) is 4.57 Å². The summed E-state index contributed by atoms with van der Waals surface area (Å²) < 4.78 is 4.91. The van der Waals surface area contributed by atoms with Gasteiger partial charge in [-0.05, 0) is 53.0 Å². The molecule has 1 aromatic heterocycles. The van der Waals surface area contributed by atoms with E-state index in [0.717, 1.165) is 0 Å². The van der Waals surface area contributed by atoms with Crippen molar-refractivity contribution < 1.29 is 4.57 Å². The maximum absolute atomic E-state index is 2.54. The van der Waals surface area contributed by atoms with E-state index in [1.807, 2.05) is 0 Å². The van der Waals surface area contributed by atoms with Gasteiger partial charge in [0.15, 0.2) is 11.0 Å². The maximum Gasteiger partial charge on any atom is 0.295 e. The summed E-state index contributed by atoms with van der Waals surface area (Å²) in [6, 6.07) is 22.5. The first kappa shape index (κ1) is 24.3. The number of imidazole rings is 1. The van der Waals surface area contributed by atoms with E-state index in [-0.39, 0.29) is 10.8 Å². The third-order valence-corrected chi connectivity index (χ3v) is 7.06. The summed E-state index contributed by atoms with van der Waals surface area (Å²) in [5.41, 5.74) is 10.7. The smallest absolute Gasteiger partial charge is 0.225 e. The fraction of sp³-hybridized carbons (Fsp3) is 0.406. The number of para-hydroxylation sites is 2. The van der Waals surface area contributed by atoms with Gasteiger partial charge in [-0.25, -0.2) is 4.57 Å². The van der Waals surface area contributed by atoms with Crippen molar-refractivity contribution >= 4 is 11.0 Å². The lowest BCUT2D eigenvalue weighted by atomic mass is 9.77. The van der Waals surface area contributed by atoms with Gasteiger partial charge in [-0.1, -0.05) is 97.9 Å². The first-order chi connectivity index (χ1) is 15.8. The Morgan fingerprint density at radius 3 is 2.00 bits per heavy atom. The van der Waals surface area contributed by atoms with Crippen LogP contribution < -0.4 is 4.57 Å². The number of benzene rings is 3. The Hall–Kier alpha value is -2.87. The van der Waals surface area contributed by atoms with Gasteiger partial charge in [-0.3, -0.25) is 0 Å². The molecule has 0 aliphatic rings. The van der Waals surface area contributed by atoms with E-state index in [9.17, 15) is 0 Å². The number of aryl methyl sites for hydroxylation is 2. The summed E-state index contributed by atoms with van der Waals surface area (Å²) in [7, 11) is 2.20. The van der Waals surface area contributed by atoms with E-state index in [1.54, 1.807) is 0 Å². The van der Waals surface area contributed by atoms with Crippen molar-refractivity contribution in [2.45, 2.75) is 79.1 Å². The highest BCUT2D eigenvalue weighted by atomic mass is 15.2. The van der Waals surface area contributed by atoms with Crippen molar-refractivity contribution in [2.75, 3.05) is 0 Å². The molecule has 0 saturated carbocycles. The quantitative estimate of drug-likeness (QED) is 0.277. The van der Waals surface area contributed by atoms with Crippen molar-refractivity contribution in [3.63, 3.8) is 0 Å². The summed E-state index contributed by atoms with van der Waals surface area (Å²) in [6.07, 6.45) is 0. The number of aromatic nitrogens is 2. The second-order valence-electron chi connectivity index (χ2n) is 12.1. The van der Waals surface area contributed by atoms with Gasteiger partial charge in [0.1, 0.15) is 5.69 Å². The van der Waals surface area contributed by atoms with E-state index >= 15 is 0 Å². The molecular weight excluding hydrogens is 412 g/mol. The van der Waals surface area contributed by atoms with Crippen molar-refractivity contribution in [1.29, 1.82) is 0 Å². The van der Waals surface area contributed by atoms with E-state index in [0.29, 0.717) is 5.92 Å². The fourth-order valence-electron chi connectivity index (χ4n) is 5.02. The number of nitrogens with zero attached hydrogens (tertiary/aromatic N) is 2. The molecule has 0 aliphatic heterocycles. The van der Waals surface area contributed by atoms with Gasteiger partial charge in [0.2, 0.25) is 0 Å². The van der Waals surface area contributed by atoms with Crippen molar-refractivity contribution in [1.82, 2.24) is 4.57 Å². The molecule has 178 valence electrons. The van der Waals surface area contributed by atoms with Gasteiger partial charge in [-0.15, -0.1) is 0 Å². The lowest BCUT2D eigenvalue weighted by molar-refractivity contribution is -0.633. The highest BCUT2D eigenvalue weighted by Crippen LogP contribution is 2.41. The molecule has 0 atom stereocenters. The lowest BCUT2D eigenvalue weighted by Gasteiger charge is -2.29. The molecule has 0 fully saturated rings. The molecule has 1 heterocycles. The normalized spacial score (nSPS) is 12.7. The number of rotatable bonds is 3. The lowest BCUT2D eigenvalue weighted by Crippen LogP contribution is -2.31. The second kappa shape index (κ2) is 8.41. The molecule has 0 aliphatic carbocycles. The van der Waals surface area contributed by atoms with E-state index in [1.165, 1.54) is 50.4 Å². The summed E-state index contributed by atoms with van der Waals surface area (Å²) in [4.78, 5) is 0. The molecule has 4 rings (SSSR count). The van der Waals surface area contributed by atoms with Crippen LogP contribution in [0.3, 0.4) is 0 Å². The number of hydrogen-bond donors (Lipinski definition) is 0. The van der Waals surface area contributed by atoms with E-state index in [2.05, 4.69) is 139 Å². The van der Waals surface area contributed by atoms with Crippen LogP contribution in [0.4, 0.5) is 0 Å². The van der Waals surface area contributed by atoms with Gasteiger partial charge in [0.05, 0.1) is 12.6 Å². The fourth-order valence-corrected chi connectivity index (χ4v) is 5.02. The van der Waals surface area contributed by atoms with E-state index < -0.39 is 0 Å². The van der Waals surface area contributed by atoms with Crippen LogP contribution in [0.5, 0.6) is 0 Å². The molecule has 0 bridgehead atoms. The third-order valence-electron chi connectivity index (χ3n) is 7.06. The topological polar surface area (TPSA) is 8.81 Å². The summed E-state index contributed by atoms with van der Waals surface area (Å²) in [5.74, 6) is 1.63. The molecule has 34 heavy (non-hydrogen) atoms. The largest absolute Gasteiger partial charge is 0.295 e. The molecule has 0 saturated heterocycles. The second-order valence-corrected chi connectivity index (χ2v) is 12.1. The maximum atomic E-state index is 2.54. The van der Waals surface area contributed by atoms with Crippen LogP contribution in [0.1, 0.15) is 83.6 Å². The van der Waals surface area contributed by atoms with Crippen LogP contribution in [0.15, 0.2) is 60.7 Å². The van der Waals surface area contributed by atoms with Crippen LogP contribution in [0, 0.1) is 6.92 Å². The molecular formula is C32H41N2+. The molecule has 3 aromatic carbocycles. The Balaban J connectivity index is 2.26. The van der Waals surface area contributed by atoms with Gasteiger partial charge in [0.25, 0.3) is 5.82 Å². The minimum absolute atomic E-state index is 0.00676. The van der Waals surface area contributed by atoms with Gasteiger partial charge in [0, 0.05) is 11.1 Å². The van der Waals surface area contributed by atoms with Gasteiger partial charge < -0.3 is 0 Å². The molecule has 0 N–H and O–H groups in total.